The van der Waals surface area contributed by atoms with E-state index in [1.807, 2.05) is 0 Å². The molecule has 19 amide bonds. The third-order valence-corrected chi connectivity index (χ3v) is 18.0. The fraction of sp³-hybridized carbons (Fsp3) is 0.750. The third kappa shape index (κ3) is 46.6. The minimum absolute atomic E-state index is 0.0127. The Hall–Kier alpha value is -10.2. The highest BCUT2D eigenvalue weighted by Crippen LogP contribution is 2.14. The van der Waals surface area contributed by atoms with E-state index < -0.39 is 216 Å². The molecular weight excluding hydrogens is 1540 g/mol. The molecule has 0 aromatic carbocycles. The molecule has 28 N–H and O–H groups in total. The SMILES string of the molecule is CC(=O)NCC(=O)NCC(=O)NCC(=O)N[C@@H](CCCCN)C(=O)N[C@@H](CC(C)C)C(=O)N[C@@H](C)C(=O)N[C@@H](C)C(=O)N[C@@H](CC(C)C)C(=O)N[C@@H](CCCCN)C(=O)N[C@@H](C)C(=O)N[C@@H](CCCCN)C(=O)N[C@@H](CC(C)C)C(=O)N[C@@H](C)C(=O)N[C@@H](C)C(=O)N[C@@H](CC(C)C)C(=O)N[C@@H](CCCCN)C(=O)N[C@@H](C)C(=O)NCC(N)=O. The molecule has 0 aliphatic carbocycles. The van der Waals surface area contributed by atoms with Crippen LogP contribution in [-0.2, 0) is 91.1 Å². The van der Waals surface area contributed by atoms with Crippen molar-refractivity contribution >= 4 is 112 Å². The van der Waals surface area contributed by atoms with E-state index in [0.29, 0.717) is 51.4 Å². The maximum Gasteiger partial charge on any atom is 0.243 e. The fourth-order valence-corrected chi connectivity index (χ4v) is 11.4. The second-order valence-electron chi connectivity index (χ2n) is 31.2. The molecule has 0 aliphatic heterocycles. The lowest BCUT2D eigenvalue weighted by molar-refractivity contribution is -0.136. The fourth-order valence-electron chi connectivity index (χ4n) is 11.4. The van der Waals surface area contributed by atoms with Crippen molar-refractivity contribution in [2.75, 3.05) is 52.4 Å². The zero-order valence-corrected chi connectivity index (χ0v) is 71.5. The van der Waals surface area contributed by atoms with Crippen LogP contribution in [0.2, 0.25) is 0 Å². The highest BCUT2D eigenvalue weighted by Gasteiger charge is 2.37. The topological polar surface area (TPSA) is 671 Å². The van der Waals surface area contributed by atoms with Crippen LogP contribution in [-0.4, -0.2) is 249 Å². The highest BCUT2D eigenvalue weighted by atomic mass is 16.2. The van der Waals surface area contributed by atoms with Crippen LogP contribution in [0.3, 0.4) is 0 Å². The number of hydrogen-bond acceptors (Lipinski definition) is 23. The molecule has 0 saturated carbocycles. The van der Waals surface area contributed by atoms with E-state index in [1.54, 1.807) is 55.4 Å². The van der Waals surface area contributed by atoms with Gasteiger partial charge in [-0.2, -0.15) is 0 Å². The predicted molar refractivity (Wildman–Crippen MR) is 437 cm³/mol. The third-order valence-electron chi connectivity index (χ3n) is 18.0. The van der Waals surface area contributed by atoms with Crippen molar-refractivity contribution in [3.8, 4) is 0 Å². The monoisotopic (exact) mass is 1680 g/mol. The predicted octanol–water partition coefficient (Wildman–Crippen LogP) is -6.44. The number of hydrogen-bond donors (Lipinski definition) is 23. The molecule has 0 unspecified atom stereocenters. The van der Waals surface area contributed by atoms with Crippen LogP contribution in [0.25, 0.3) is 0 Å². The van der Waals surface area contributed by atoms with Gasteiger partial charge in [-0.05, 0) is 194 Å². The molecule has 0 radical (unpaired) electrons. The number of carbonyl (C=O) groups is 19. The molecule has 42 nitrogen and oxygen atoms in total. The minimum atomic E-state index is -1.36. The largest absolute Gasteiger partial charge is 0.368 e. The standard InChI is InChI=1S/C76H139N23O19/c1-40(2)32-55(98-71(113)51(24-16-20-28-77)92-62(104)39-84-61(103)38-83-60(102)37-82-50(15)100)73(115)90-45(10)64(106)86-48(13)68(110)97-58(35-43(7)8)76(118)95-53(26-18-22-30-79)70(112)89-49(14)66(108)93-54(27-19-23-31-80)72(114)99-56(33-41(3)4)74(116)91-46(11)65(107)87-47(12)67(109)96-57(34-42(5)6)75(117)94-52(25-17-21-29-78)69(111)88-44(9)63(105)85-36-59(81)101/h40-49,51-58H,16-39,77-80H2,1-15H3,(H2,81,101)(H,82,100)(H,83,102)(H,84,103)(H,85,105)(H,86,106)(H,87,107)(H,88,111)(H,89,112)(H,90,115)(H,91,116)(H,92,104)(H,93,108)(H,94,117)(H,95,118)(H,96,109)(H,97,110)(H,98,113)(H,99,114)/t44-,45-,46-,47-,48-,49-,51-,52-,53-,54-,55-,56-,57-,58-/m0/s1. The number of amides is 19. The summed E-state index contributed by atoms with van der Waals surface area (Å²) in [4.78, 5) is 253. The van der Waals surface area contributed by atoms with Gasteiger partial charge in [0.2, 0.25) is 112 Å². The molecule has 0 aliphatic rings. The lowest BCUT2D eigenvalue weighted by atomic mass is 10.0. The van der Waals surface area contributed by atoms with Crippen LogP contribution >= 0.6 is 0 Å². The highest BCUT2D eigenvalue weighted by molar-refractivity contribution is 6.01. The Morgan fingerprint density at radius 1 is 0.220 bits per heavy atom. The Labute approximate surface area is 692 Å². The summed E-state index contributed by atoms with van der Waals surface area (Å²) in [5.74, 6) is -15.4. The second-order valence-corrected chi connectivity index (χ2v) is 31.2. The summed E-state index contributed by atoms with van der Waals surface area (Å²) in [5, 5.41) is 45.6. The normalized spacial score (nSPS) is 14.7. The van der Waals surface area contributed by atoms with Crippen molar-refractivity contribution in [3.63, 3.8) is 0 Å². The zero-order valence-electron chi connectivity index (χ0n) is 71.5. The van der Waals surface area contributed by atoms with Gasteiger partial charge in [-0.3, -0.25) is 91.1 Å². The molecule has 0 rings (SSSR count). The number of carbonyl (C=O) groups excluding carboxylic acids is 19. The molecule has 0 saturated heterocycles. The van der Waals surface area contributed by atoms with Gasteiger partial charge in [0, 0.05) is 6.92 Å². The van der Waals surface area contributed by atoms with E-state index in [1.165, 1.54) is 48.5 Å². The van der Waals surface area contributed by atoms with Crippen molar-refractivity contribution in [3.05, 3.63) is 0 Å². The number of primary amides is 1. The average molecular weight is 1680 g/mol. The van der Waals surface area contributed by atoms with E-state index in [4.69, 9.17) is 28.7 Å². The molecule has 0 fully saturated rings. The summed E-state index contributed by atoms with van der Waals surface area (Å²) < 4.78 is 0. The number of nitrogens with two attached hydrogens (primary N) is 5. The molecule has 0 bridgehead atoms. The first kappa shape index (κ1) is 108. The molecule has 0 aromatic heterocycles. The molecule has 0 aromatic rings. The van der Waals surface area contributed by atoms with Gasteiger partial charge in [0.25, 0.3) is 0 Å². The zero-order chi connectivity index (χ0) is 90.1. The van der Waals surface area contributed by atoms with Crippen LogP contribution in [0.15, 0.2) is 0 Å². The first-order chi connectivity index (χ1) is 55.3. The van der Waals surface area contributed by atoms with Crippen molar-refractivity contribution in [1.82, 2.24) is 95.7 Å². The van der Waals surface area contributed by atoms with E-state index in [-0.39, 0.29) is 108 Å². The van der Waals surface area contributed by atoms with Gasteiger partial charge >= 0.3 is 0 Å². The average Bonchev–Trinajstić information content (AvgIpc) is 0.865. The van der Waals surface area contributed by atoms with Crippen LogP contribution in [0.5, 0.6) is 0 Å². The molecule has 0 heterocycles. The van der Waals surface area contributed by atoms with Gasteiger partial charge in [0.15, 0.2) is 0 Å². The smallest absolute Gasteiger partial charge is 0.243 e. The maximum absolute atomic E-state index is 14.3. The van der Waals surface area contributed by atoms with Crippen LogP contribution < -0.4 is 124 Å². The quantitative estimate of drug-likeness (QED) is 0.0252. The Morgan fingerprint density at radius 2 is 0.424 bits per heavy atom. The van der Waals surface area contributed by atoms with Crippen molar-refractivity contribution in [1.29, 1.82) is 0 Å². The molecule has 42 heteroatoms. The number of nitrogens with one attached hydrogen (secondary N) is 18. The van der Waals surface area contributed by atoms with E-state index in [0.717, 1.165) is 0 Å². The van der Waals surface area contributed by atoms with Crippen molar-refractivity contribution in [2.45, 2.75) is 291 Å². The Balaban J connectivity index is 6.38. The summed E-state index contributed by atoms with van der Waals surface area (Å²) in [5.41, 5.74) is 28.1. The lowest BCUT2D eigenvalue weighted by Crippen LogP contribution is -2.60. The number of rotatable bonds is 60. The van der Waals surface area contributed by atoms with Crippen LogP contribution in [0.1, 0.15) is 207 Å². The van der Waals surface area contributed by atoms with Crippen molar-refractivity contribution in [2.24, 2.45) is 52.3 Å². The first-order valence-electron chi connectivity index (χ1n) is 40.7. The Bertz CT molecular complexity index is 3310. The minimum Gasteiger partial charge on any atom is -0.368 e. The summed E-state index contributed by atoms with van der Waals surface area (Å²) >= 11 is 0. The molecule has 672 valence electrons. The van der Waals surface area contributed by atoms with Gasteiger partial charge < -0.3 is 124 Å². The summed E-state index contributed by atoms with van der Waals surface area (Å²) in [7, 11) is 0. The van der Waals surface area contributed by atoms with E-state index in [2.05, 4.69) is 95.7 Å². The molecule has 0 spiro atoms. The van der Waals surface area contributed by atoms with Gasteiger partial charge in [-0.25, -0.2) is 0 Å². The molecule has 14 atom stereocenters. The Morgan fingerprint density at radius 3 is 0.695 bits per heavy atom. The summed E-state index contributed by atoms with van der Waals surface area (Å²) in [6.45, 7) is 22.6. The summed E-state index contributed by atoms with van der Waals surface area (Å²) in [6, 6.07) is -17.8. The van der Waals surface area contributed by atoms with Gasteiger partial charge in [0.05, 0.1) is 26.2 Å². The number of unbranched alkanes of at least 4 members (excludes halogenated alkanes) is 4. The van der Waals surface area contributed by atoms with Gasteiger partial charge in [-0.15, -0.1) is 0 Å². The maximum atomic E-state index is 14.3. The van der Waals surface area contributed by atoms with Gasteiger partial charge in [0.1, 0.15) is 84.6 Å². The lowest BCUT2D eigenvalue weighted by Gasteiger charge is -2.28. The Kier molecular flexibility index (Phi) is 53.5. The van der Waals surface area contributed by atoms with Crippen molar-refractivity contribution < 1.29 is 91.1 Å². The van der Waals surface area contributed by atoms with E-state index in [9.17, 15) is 91.1 Å². The molecular formula is C76H139N23O19. The summed E-state index contributed by atoms with van der Waals surface area (Å²) in [6.07, 6.45) is 3.69. The first-order valence-corrected chi connectivity index (χ1v) is 40.7. The van der Waals surface area contributed by atoms with Crippen LogP contribution in [0, 0.1) is 23.7 Å². The van der Waals surface area contributed by atoms with Gasteiger partial charge in [-0.1, -0.05) is 55.4 Å². The molecule has 118 heavy (non-hydrogen) atoms. The van der Waals surface area contributed by atoms with E-state index >= 15 is 0 Å². The second kappa shape index (κ2) is 58.6. The van der Waals surface area contributed by atoms with Crippen LogP contribution in [0.4, 0.5) is 0 Å².